The Morgan fingerprint density at radius 1 is 1.00 bits per heavy atom. The van der Waals surface area contributed by atoms with E-state index in [2.05, 4.69) is 23.2 Å². The van der Waals surface area contributed by atoms with Crippen molar-refractivity contribution in [1.82, 2.24) is 0 Å². The molecule has 0 aliphatic heterocycles. The molecule has 0 N–H and O–H groups in total. The van der Waals surface area contributed by atoms with E-state index in [9.17, 15) is 4.79 Å². The number of rotatable bonds is 9. The first-order valence-electron chi connectivity index (χ1n) is 8.71. The predicted octanol–water partition coefficient (Wildman–Crippen LogP) is 4.26. The van der Waals surface area contributed by atoms with E-state index in [1.165, 1.54) is 7.11 Å². The summed E-state index contributed by atoms with van der Waals surface area (Å²) < 4.78 is 16.9. The van der Waals surface area contributed by atoms with Gasteiger partial charge >= 0.3 is 5.97 Å². The lowest BCUT2D eigenvalue weighted by Crippen LogP contribution is -2.35. The van der Waals surface area contributed by atoms with Crippen LogP contribution < -0.4 is 0 Å². The van der Waals surface area contributed by atoms with Crippen LogP contribution in [0, 0.1) is 11.8 Å². The highest BCUT2D eigenvalue weighted by atomic mass is 16.7. The smallest absolute Gasteiger partial charge is 0.384 e. The lowest BCUT2D eigenvalue weighted by molar-refractivity contribution is -0.245. The molecule has 0 unspecified atom stereocenters. The molecular formula is C23H24O4. The van der Waals surface area contributed by atoms with Crippen molar-refractivity contribution in [3.05, 3.63) is 84.4 Å². The zero-order chi connectivity index (χ0) is 19.4. The fourth-order valence-electron chi connectivity index (χ4n) is 2.43. The molecular weight excluding hydrogens is 340 g/mol. The van der Waals surface area contributed by atoms with Gasteiger partial charge in [-0.05, 0) is 11.1 Å². The van der Waals surface area contributed by atoms with Crippen LogP contribution in [0.25, 0.3) is 0 Å². The topological polar surface area (TPSA) is 44.8 Å². The van der Waals surface area contributed by atoms with Crippen LogP contribution in [0.15, 0.2) is 73.3 Å². The van der Waals surface area contributed by atoms with Crippen molar-refractivity contribution >= 4 is 5.97 Å². The molecule has 140 valence electrons. The van der Waals surface area contributed by atoms with Gasteiger partial charge in [0.05, 0.1) is 26.7 Å². The van der Waals surface area contributed by atoms with E-state index < -0.39 is 11.8 Å². The molecule has 2 aromatic carbocycles. The Bertz CT molecular complexity index is 729. The number of benzene rings is 2. The van der Waals surface area contributed by atoms with Crippen LogP contribution in [0.2, 0.25) is 0 Å². The molecule has 2 aromatic rings. The van der Waals surface area contributed by atoms with Gasteiger partial charge in [0.15, 0.2) is 5.79 Å². The second-order valence-corrected chi connectivity index (χ2v) is 5.92. The monoisotopic (exact) mass is 364 g/mol. The summed E-state index contributed by atoms with van der Waals surface area (Å²) in [4.78, 5) is 11.3. The summed E-state index contributed by atoms with van der Waals surface area (Å²) in [5, 5.41) is 0. The Morgan fingerprint density at radius 2 is 1.52 bits per heavy atom. The van der Waals surface area contributed by atoms with Crippen LogP contribution in [0.4, 0.5) is 0 Å². The molecule has 0 aliphatic rings. The molecule has 0 spiro atoms. The molecule has 0 atom stereocenters. The molecule has 2 rings (SSSR count). The number of carbonyl (C=O) groups excluding carboxylic acids is 1. The summed E-state index contributed by atoms with van der Waals surface area (Å²) in [6.07, 6.45) is 2.38. The molecule has 0 amide bonds. The normalized spacial score (nSPS) is 10.6. The average Bonchev–Trinajstić information content (AvgIpc) is 2.72. The lowest BCUT2D eigenvalue weighted by atomic mass is 10.1. The van der Waals surface area contributed by atoms with E-state index in [4.69, 9.17) is 9.47 Å². The summed E-state index contributed by atoms with van der Waals surface area (Å²) >= 11 is 0. The third-order valence-corrected chi connectivity index (χ3v) is 3.88. The fourth-order valence-corrected chi connectivity index (χ4v) is 2.43. The number of esters is 1. The maximum absolute atomic E-state index is 11.3. The van der Waals surface area contributed by atoms with Crippen molar-refractivity contribution in [2.75, 3.05) is 7.11 Å². The summed E-state index contributed by atoms with van der Waals surface area (Å²) in [6, 6.07) is 19.7. The number of ether oxygens (including phenoxy) is 3. The first kappa shape index (κ1) is 20.4. The van der Waals surface area contributed by atoms with Crippen molar-refractivity contribution < 1.29 is 19.0 Å². The minimum Gasteiger partial charge on any atom is -0.459 e. The largest absolute Gasteiger partial charge is 0.459 e. The second-order valence-electron chi connectivity index (χ2n) is 5.92. The van der Waals surface area contributed by atoms with Crippen LogP contribution in [0.3, 0.4) is 0 Å². The Kier molecular flexibility index (Phi) is 8.31. The van der Waals surface area contributed by atoms with Crippen molar-refractivity contribution in [3.63, 3.8) is 0 Å². The van der Waals surface area contributed by atoms with Gasteiger partial charge in [0.1, 0.15) is 0 Å². The summed E-state index contributed by atoms with van der Waals surface area (Å²) in [7, 11) is 1.30. The maximum atomic E-state index is 11.3. The number of carbonyl (C=O) groups is 1. The van der Waals surface area contributed by atoms with E-state index in [1.54, 1.807) is 6.08 Å². The number of hydrogen-bond donors (Lipinski definition) is 0. The van der Waals surface area contributed by atoms with Crippen molar-refractivity contribution in [2.45, 2.75) is 31.8 Å². The summed E-state index contributed by atoms with van der Waals surface area (Å²) in [6.45, 7) is 4.54. The highest BCUT2D eigenvalue weighted by molar-refractivity contribution is 5.88. The molecule has 0 heterocycles. The van der Waals surface area contributed by atoms with Gasteiger partial charge in [0.25, 0.3) is 0 Å². The molecule has 4 heteroatoms. The van der Waals surface area contributed by atoms with E-state index in [1.807, 2.05) is 60.7 Å². The van der Waals surface area contributed by atoms with Gasteiger partial charge in [-0.3, -0.25) is 0 Å². The molecule has 0 saturated heterocycles. The minimum atomic E-state index is -1.01. The zero-order valence-corrected chi connectivity index (χ0v) is 15.5. The van der Waals surface area contributed by atoms with Gasteiger partial charge in [-0.1, -0.05) is 72.7 Å². The van der Waals surface area contributed by atoms with Crippen LogP contribution in [0.1, 0.15) is 24.0 Å². The van der Waals surface area contributed by atoms with Gasteiger partial charge in [-0.15, -0.1) is 6.58 Å². The zero-order valence-electron chi connectivity index (χ0n) is 15.5. The van der Waals surface area contributed by atoms with Crippen LogP contribution >= 0.6 is 0 Å². The molecule has 0 aromatic heterocycles. The molecule has 0 bridgehead atoms. The Hall–Kier alpha value is -2.87. The van der Waals surface area contributed by atoms with Gasteiger partial charge in [0.2, 0.25) is 0 Å². The Balaban J connectivity index is 2.16. The van der Waals surface area contributed by atoms with Gasteiger partial charge < -0.3 is 14.2 Å². The maximum Gasteiger partial charge on any atom is 0.384 e. The fraction of sp³-hybridized carbons (Fsp3) is 0.261. The first-order valence-corrected chi connectivity index (χ1v) is 8.71. The van der Waals surface area contributed by atoms with E-state index in [-0.39, 0.29) is 6.42 Å². The third kappa shape index (κ3) is 7.10. The molecule has 0 fully saturated rings. The SMILES string of the molecule is C=CCC(CC#CC(=O)OC)(OCc1ccccc1)OCc1ccccc1. The molecule has 27 heavy (non-hydrogen) atoms. The highest BCUT2D eigenvalue weighted by Gasteiger charge is 2.30. The minimum absolute atomic E-state index is 0.216. The van der Waals surface area contributed by atoms with Crippen molar-refractivity contribution in [1.29, 1.82) is 0 Å². The molecule has 0 saturated carbocycles. The van der Waals surface area contributed by atoms with Crippen LogP contribution in [-0.4, -0.2) is 18.9 Å². The Morgan fingerprint density at radius 3 is 1.96 bits per heavy atom. The van der Waals surface area contributed by atoms with E-state index in [0.717, 1.165) is 11.1 Å². The molecule has 4 nitrogen and oxygen atoms in total. The summed E-state index contributed by atoms with van der Waals surface area (Å²) in [5.74, 6) is 3.65. The number of methoxy groups -OCH3 is 1. The van der Waals surface area contributed by atoms with Gasteiger partial charge in [-0.2, -0.15) is 0 Å². The number of hydrogen-bond acceptors (Lipinski definition) is 4. The predicted molar refractivity (Wildman–Crippen MR) is 104 cm³/mol. The third-order valence-electron chi connectivity index (χ3n) is 3.88. The second kappa shape index (κ2) is 11.0. The molecule has 0 radical (unpaired) electrons. The first-order chi connectivity index (χ1) is 13.2. The standard InChI is InChI=1S/C23H24O4/c1-3-16-23(17-10-15-22(24)25-2,26-18-20-11-6-4-7-12-20)27-19-21-13-8-5-9-14-21/h3-9,11-14H,1,16-19H2,2H3. The van der Waals surface area contributed by atoms with Gasteiger partial charge in [0, 0.05) is 12.3 Å². The Labute approximate surface area is 160 Å². The highest BCUT2D eigenvalue weighted by Crippen LogP contribution is 2.26. The van der Waals surface area contributed by atoms with Crippen LogP contribution in [0.5, 0.6) is 0 Å². The van der Waals surface area contributed by atoms with E-state index >= 15 is 0 Å². The average molecular weight is 364 g/mol. The summed E-state index contributed by atoms with van der Waals surface area (Å²) in [5.41, 5.74) is 2.05. The van der Waals surface area contributed by atoms with Crippen molar-refractivity contribution in [3.8, 4) is 11.8 Å². The molecule has 0 aliphatic carbocycles. The lowest BCUT2D eigenvalue weighted by Gasteiger charge is -2.31. The van der Waals surface area contributed by atoms with Gasteiger partial charge in [-0.25, -0.2) is 4.79 Å². The van der Waals surface area contributed by atoms with E-state index in [0.29, 0.717) is 19.6 Å². The van der Waals surface area contributed by atoms with Crippen molar-refractivity contribution in [2.24, 2.45) is 0 Å². The van der Waals surface area contributed by atoms with Crippen LogP contribution in [-0.2, 0) is 32.2 Å². The quantitative estimate of drug-likeness (QED) is 0.219.